The van der Waals surface area contributed by atoms with Crippen molar-refractivity contribution in [3.63, 3.8) is 0 Å². The fraction of sp³-hybridized carbons (Fsp3) is 0.606. The summed E-state index contributed by atoms with van der Waals surface area (Å²) < 4.78 is 6.22. The van der Waals surface area contributed by atoms with Crippen molar-refractivity contribution in [1.82, 2.24) is 15.2 Å². The predicted octanol–water partition coefficient (Wildman–Crippen LogP) is 5.22. The van der Waals surface area contributed by atoms with Gasteiger partial charge in [-0.15, -0.1) is 0 Å². The normalized spacial score (nSPS) is 19.0. The Hall–Kier alpha value is -3.13. The molecule has 2 N–H and O–H groups in total. The van der Waals surface area contributed by atoms with E-state index >= 15 is 0 Å². The topological polar surface area (TPSA) is 94.7 Å². The van der Waals surface area contributed by atoms with E-state index < -0.39 is 6.04 Å². The van der Waals surface area contributed by atoms with Crippen LogP contribution in [0.15, 0.2) is 18.2 Å². The first kappa shape index (κ1) is 29.4. The molecule has 0 spiro atoms. The zero-order valence-corrected chi connectivity index (χ0v) is 25.2. The molecule has 3 heterocycles. The van der Waals surface area contributed by atoms with E-state index in [1.54, 1.807) is 0 Å². The quantitative estimate of drug-likeness (QED) is 0.414. The molecule has 1 atom stereocenters. The molecule has 222 valence electrons. The third kappa shape index (κ3) is 6.37. The number of ketones is 1. The van der Waals surface area contributed by atoms with Crippen LogP contribution in [-0.2, 0) is 17.6 Å². The first-order valence-electron chi connectivity index (χ1n) is 15.5. The molecule has 5 rings (SSSR count). The zero-order valence-electron chi connectivity index (χ0n) is 25.2. The van der Waals surface area contributed by atoms with Gasteiger partial charge >= 0.3 is 0 Å². The Bertz CT molecular complexity index is 1290. The number of benzene rings is 1. The van der Waals surface area contributed by atoms with Gasteiger partial charge in [-0.1, -0.05) is 46.1 Å². The number of hydrogen-bond acceptors (Lipinski definition) is 5. The number of anilines is 1. The van der Waals surface area contributed by atoms with Gasteiger partial charge in [0.1, 0.15) is 24.1 Å². The van der Waals surface area contributed by atoms with Gasteiger partial charge in [-0.3, -0.25) is 19.3 Å². The number of nitrogens with one attached hydrogen (secondary N) is 2. The standard InChI is InChI=1S/C33H46N4O4/c1-5-6-11-24(35-31(39)30-22(2)29-25(34-30)20-33(3,4)21-27(29)38)32(40)37-17-14-23-26(37)12-10-13-28(23)41-19-18-36-15-8-7-9-16-36/h10,12-13,24,34H,5-9,11,14-21H2,1-4H3,(H,35,39)/t24-/m0/s1. The largest absolute Gasteiger partial charge is 0.492 e. The second-order valence-corrected chi connectivity index (χ2v) is 12.8. The van der Waals surface area contributed by atoms with E-state index in [0.29, 0.717) is 49.2 Å². The zero-order chi connectivity index (χ0) is 29.1. The number of carbonyl (C=O) groups is 3. The number of piperidine rings is 1. The molecular formula is C33H46N4O4. The second-order valence-electron chi connectivity index (χ2n) is 12.8. The van der Waals surface area contributed by atoms with Crippen LogP contribution in [0.1, 0.15) is 103 Å². The maximum absolute atomic E-state index is 13.9. The summed E-state index contributed by atoms with van der Waals surface area (Å²) >= 11 is 0. The van der Waals surface area contributed by atoms with E-state index in [-0.39, 0.29) is 23.0 Å². The summed E-state index contributed by atoms with van der Waals surface area (Å²) in [6, 6.07) is 5.28. The highest BCUT2D eigenvalue weighted by Crippen LogP contribution is 2.37. The highest BCUT2D eigenvalue weighted by molar-refractivity contribution is 6.06. The number of ether oxygens (including phenoxy) is 1. The van der Waals surface area contributed by atoms with Gasteiger partial charge in [0.15, 0.2) is 5.78 Å². The van der Waals surface area contributed by atoms with Crippen LogP contribution >= 0.6 is 0 Å². The van der Waals surface area contributed by atoms with Crippen LogP contribution in [0.5, 0.6) is 5.75 Å². The summed E-state index contributed by atoms with van der Waals surface area (Å²) in [5.74, 6) is 0.503. The van der Waals surface area contributed by atoms with Crippen molar-refractivity contribution >= 4 is 23.3 Å². The van der Waals surface area contributed by atoms with Crippen LogP contribution in [0.3, 0.4) is 0 Å². The van der Waals surface area contributed by atoms with Crippen LogP contribution in [0.2, 0.25) is 0 Å². The van der Waals surface area contributed by atoms with Gasteiger partial charge in [0.2, 0.25) is 5.91 Å². The molecule has 41 heavy (non-hydrogen) atoms. The average molecular weight is 563 g/mol. The minimum atomic E-state index is -0.649. The van der Waals surface area contributed by atoms with E-state index in [2.05, 4.69) is 36.0 Å². The van der Waals surface area contributed by atoms with E-state index in [1.807, 2.05) is 30.0 Å². The van der Waals surface area contributed by atoms with Crippen molar-refractivity contribution in [2.24, 2.45) is 5.41 Å². The summed E-state index contributed by atoms with van der Waals surface area (Å²) in [4.78, 5) is 47.9. The summed E-state index contributed by atoms with van der Waals surface area (Å²) in [6.45, 7) is 12.5. The molecule has 8 nitrogen and oxygen atoms in total. The Morgan fingerprint density at radius 1 is 1.12 bits per heavy atom. The molecule has 0 saturated carbocycles. The molecule has 1 saturated heterocycles. The van der Waals surface area contributed by atoms with Crippen LogP contribution in [0, 0.1) is 12.3 Å². The van der Waals surface area contributed by atoms with Crippen molar-refractivity contribution in [2.75, 3.05) is 37.7 Å². The van der Waals surface area contributed by atoms with Crippen molar-refractivity contribution in [2.45, 2.75) is 91.5 Å². The van der Waals surface area contributed by atoms with Gasteiger partial charge in [-0.2, -0.15) is 0 Å². The van der Waals surface area contributed by atoms with Crippen molar-refractivity contribution in [1.29, 1.82) is 0 Å². The summed E-state index contributed by atoms with van der Waals surface area (Å²) in [6.07, 6.45) is 8.06. The van der Waals surface area contributed by atoms with Crippen molar-refractivity contribution < 1.29 is 19.1 Å². The predicted molar refractivity (Wildman–Crippen MR) is 161 cm³/mol. The van der Waals surface area contributed by atoms with Crippen LogP contribution < -0.4 is 15.0 Å². The molecule has 1 aromatic heterocycles. The number of amides is 2. The van der Waals surface area contributed by atoms with Crippen LogP contribution in [0.25, 0.3) is 0 Å². The lowest BCUT2D eigenvalue weighted by Gasteiger charge is -2.28. The summed E-state index contributed by atoms with van der Waals surface area (Å²) in [7, 11) is 0. The Labute approximate surface area is 244 Å². The fourth-order valence-corrected chi connectivity index (χ4v) is 6.78. The van der Waals surface area contributed by atoms with Crippen molar-refractivity contribution in [3.05, 3.63) is 46.3 Å². The molecule has 1 aliphatic carbocycles. The van der Waals surface area contributed by atoms with Crippen molar-refractivity contribution in [3.8, 4) is 5.75 Å². The lowest BCUT2D eigenvalue weighted by molar-refractivity contribution is -0.120. The lowest BCUT2D eigenvalue weighted by Crippen LogP contribution is -2.48. The van der Waals surface area contributed by atoms with Gasteiger partial charge in [0, 0.05) is 36.3 Å². The maximum atomic E-state index is 13.9. The third-order valence-corrected chi connectivity index (χ3v) is 8.94. The molecule has 0 unspecified atom stereocenters. The molecule has 3 aliphatic rings. The van der Waals surface area contributed by atoms with Gasteiger partial charge in [0.05, 0.1) is 5.69 Å². The van der Waals surface area contributed by atoms with Crippen LogP contribution in [-0.4, -0.2) is 66.3 Å². The first-order chi connectivity index (χ1) is 19.7. The molecule has 1 fully saturated rings. The number of hydrogen-bond donors (Lipinski definition) is 2. The molecular weight excluding hydrogens is 516 g/mol. The molecule has 0 bridgehead atoms. The Morgan fingerprint density at radius 2 is 1.90 bits per heavy atom. The average Bonchev–Trinajstić information content (AvgIpc) is 3.52. The highest BCUT2D eigenvalue weighted by Gasteiger charge is 2.37. The van der Waals surface area contributed by atoms with Gasteiger partial charge in [-0.25, -0.2) is 0 Å². The monoisotopic (exact) mass is 562 g/mol. The number of carbonyl (C=O) groups excluding carboxylic acids is 3. The molecule has 1 aromatic carbocycles. The Kier molecular flexibility index (Phi) is 8.88. The SMILES string of the molecule is CCCC[C@H](NC(=O)c1[nH]c2c(c1C)C(=O)CC(C)(C)C2)C(=O)N1CCc2c(OCCN3CCCCC3)cccc21. The number of H-pyrrole nitrogens is 1. The fourth-order valence-electron chi connectivity index (χ4n) is 6.78. The molecule has 2 aromatic rings. The minimum Gasteiger partial charge on any atom is -0.492 e. The summed E-state index contributed by atoms with van der Waals surface area (Å²) in [5, 5.41) is 3.04. The van der Waals surface area contributed by atoms with Gasteiger partial charge in [0.25, 0.3) is 5.91 Å². The van der Waals surface area contributed by atoms with Gasteiger partial charge in [-0.05, 0) is 75.2 Å². The lowest BCUT2D eigenvalue weighted by atomic mass is 9.75. The van der Waals surface area contributed by atoms with Crippen LogP contribution in [0.4, 0.5) is 5.69 Å². The number of aromatic amines is 1. The minimum absolute atomic E-state index is 0.0743. The van der Waals surface area contributed by atoms with E-state index in [9.17, 15) is 14.4 Å². The Balaban J connectivity index is 1.29. The van der Waals surface area contributed by atoms with E-state index in [4.69, 9.17) is 4.74 Å². The number of rotatable bonds is 10. The number of Topliss-reactive ketones (excluding diaryl/α,β-unsaturated/α-hetero) is 1. The summed E-state index contributed by atoms with van der Waals surface area (Å²) in [5.41, 5.74) is 4.33. The molecule has 0 radical (unpaired) electrons. The molecule has 2 amide bonds. The smallest absolute Gasteiger partial charge is 0.268 e. The number of nitrogens with zero attached hydrogens (tertiary/aromatic N) is 2. The second kappa shape index (κ2) is 12.4. The third-order valence-electron chi connectivity index (χ3n) is 8.94. The van der Waals surface area contributed by atoms with E-state index in [1.165, 1.54) is 19.3 Å². The number of likely N-dealkylation sites (tertiary alicyclic amines) is 1. The number of unbranched alkanes of at least 4 members (excludes halogenated alkanes) is 1. The Morgan fingerprint density at radius 3 is 2.66 bits per heavy atom. The molecule has 8 heteroatoms. The number of fused-ring (bicyclic) bond motifs is 2. The van der Waals surface area contributed by atoms with E-state index in [0.717, 1.165) is 61.6 Å². The maximum Gasteiger partial charge on any atom is 0.268 e. The number of aromatic nitrogens is 1. The van der Waals surface area contributed by atoms with Gasteiger partial charge < -0.3 is 19.9 Å². The first-order valence-corrected chi connectivity index (χ1v) is 15.5. The molecule has 2 aliphatic heterocycles. The highest BCUT2D eigenvalue weighted by atomic mass is 16.5.